The Bertz CT molecular complexity index is 946. The van der Waals surface area contributed by atoms with Crippen LogP contribution in [0.3, 0.4) is 0 Å². The molecule has 6 heteroatoms. The number of halogens is 1. The highest BCUT2D eigenvalue weighted by molar-refractivity contribution is 5.58. The van der Waals surface area contributed by atoms with Crippen molar-refractivity contribution in [3.05, 3.63) is 71.3 Å². The second-order valence-corrected chi connectivity index (χ2v) is 7.80. The molecule has 2 heterocycles. The lowest BCUT2D eigenvalue weighted by atomic mass is 9.96. The van der Waals surface area contributed by atoms with Crippen molar-refractivity contribution in [2.45, 2.75) is 50.6 Å². The number of benzene rings is 2. The molecule has 1 aliphatic heterocycles. The van der Waals surface area contributed by atoms with E-state index in [4.69, 9.17) is 0 Å². The van der Waals surface area contributed by atoms with Crippen molar-refractivity contribution in [3.63, 3.8) is 0 Å². The van der Waals surface area contributed by atoms with Crippen molar-refractivity contribution in [1.82, 2.24) is 20.2 Å². The van der Waals surface area contributed by atoms with Gasteiger partial charge in [0.15, 0.2) is 5.82 Å². The van der Waals surface area contributed by atoms with Crippen LogP contribution in [0.2, 0.25) is 0 Å². The normalized spacial score (nSPS) is 18.2. The first-order valence-corrected chi connectivity index (χ1v) is 10.2. The fourth-order valence-corrected chi connectivity index (χ4v) is 4.73. The van der Waals surface area contributed by atoms with Gasteiger partial charge in [0.2, 0.25) is 0 Å². The van der Waals surface area contributed by atoms with Crippen LogP contribution in [0.15, 0.2) is 48.5 Å². The number of rotatable bonds is 4. The highest BCUT2D eigenvalue weighted by Gasteiger charge is 2.33. The van der Waals surface area contributed by atoms with Gasteiger partial charge < -0.3 is 4.90 Å². The van der Waals surface area contributed by atoms with E-state index in [0.29, 0.717) is 6.04 Å². The molecule has 0 amide bonds. The first kappa shape index (κ1) is 17.3. The standard InChI is InChI=1S/C22H24FN5/c23-18-13-11-17(12-14-18)21(22-24-25-26-28(22)19-8-2-3-9-19)27-15-5-7-16-6-1-4-10-20(16)27/h1,4,6,10-14,19,21H,2-3,5,7-9,15H2. The zero-order chi connectivity index (χ0) is 18.9. The van der Waals surface area contributed by atoms with Gasteiger partial charge in [-0.15, -0.1) is 5.10 Å². The lowest BCUT2D eigenvalue weighted by Crippen LogP contribution is -2.36. The molecule has 28 heavy (non-hydrogen) atoms. The Hall–Kier alpha value is -2.76. The van der Waals surface area contributed by atoms with E-state index in [1.165, 1.54) is 36.2 Å². The largest absolute Gasteiger partial charge is 0.357 e. The molecule has 1 aromatic heterocycles. The quantitative estimate of drug-likeness (QED) is 0.673. The van der Waals surface area contributed by atoms with Crippen molar-refractivity contribution in [3.8, 4) is 0 Å². The predicted octanol–water partition coefficient (Wildman–Crippen LogP) is 4.47. The van der Waals surface area contributed by atoms with Gasteiger partial charge in [0.05, 0.1) is 6.04 Å². The van der Waals surface area contributed by atoms with E-state index in [9.17, 15) is 4.39 Å². The van der Waals surface area contributed by atoms with Gasteiger partial charge >= 0.3 is 0 Å². The fourth-order valence-electron chi connectivity index (χ4n) is 4.73. The summed E-state index contributed by atoms with van der Waals surface area (Å²) in [6.07, 6.45) is 6.83. The summed E-state index contributed by atoms with van der Waals surface area (Å²) in [5.41, 5.74) is 3.59. The number of aromatic nitrogens is 4. The predicted molar refractivity (Wildman–Crippen MR) is 106 cm³/mol. The van der Waals surface area contributed by atoms with Gasteiger partial charge in [-0.1, -0.05) is 43.2 Å². The number of para-hydroxylation sites is 1. The Morgan fingerprint density at radius 3 is 2.57 bits per heavy atom. The van der Waals surface area contributed by atoms with Crippen LogP contribution in [-0.2, 0) is 6.42 Å². The molecule has 1 aliphatic carbocycles. The molecule has 0 radical (unpaired) electrons. The third kappa shape index (κ3) is 3.07. The molecule has 0 bridgehead atoms. The summed E-state index contributed by atoms with van der Waals surface area (Å²) < 4.78 is 15.7. The second kappa shape index (κ2) is 7.34. The molecule has 1 atom stereocenters. The third-order valence-electron chi connectivity index (χ3n) is 6.08. The van der Waals surface area contributed by atoms with Crippen LogP contribution in [0.5, 0.6) is 0 Å². The van der Waals surface area contributed by atoms with Crippen LogP contribution in [0, 0.1) is 5.82 Å². The van der Waals surface area contributed by atoms with E-state index in [1.807, 2.05) is 16.8 Å². The van der Waals surface area contributed by atoms with Crippen molar-refractivity contribution < 1.29 is 4.39 Å². The van der Waals surface area contributed by atoms with Gasteiger partial charge in [-0.3, -0.25) is 0 Å². The molecule has 5 nitrogen and oxygen atoms in total. The van der Waals surface area contributed by atoms with Gasteiger partial charge in [0.1, 0.15) is 11.9 Å². The van der Waals surface area contributed by atoms with Crippen LogP contribution in [0.1, 0.15) is 61.1 Å². The van der Waals surface area contributed by atoms with E-state index >= 15 is 0 Å². The van der Waals surface area contributed by atoms with E-state index in [1.54, 1.807) is 0 Å². The molecule has 5 rings (SSSR count). The van der Waals surface area contributed by atoms with Gasteiger partial charge in [-0.2, -0.15) is 0 Å². The fraction of sp³-hybridized carbons (Fsp3) is 0.409. The minimum atomic E-state index is -0.225. The van der Waals surface area contributed by atoms with E-state index < -0.39 is 0 Å². The molecule has 2 aliphatic rings. The molecular formula is C22H24FN5. The van der Waals surface area contributed by atoms with Gasteiger partial charge in [0, 0.05) is 12.2 Å². The van der Waals surface area contributed by atoms with Crippen LogP contribution < -0.4 is 4.90 Å². The van der Waals surface area contributed by atoms with Crippen LogP contribution in [0.4, 0.5) is 10.1 Å². The number of tetrazole rings is 1. The Kier molecular flexibility index (Phi) is 4.55. The Morgan fingerprint density at radius 1 is 0.964 bits per heavy atom. The highest BCUT2D eigenvalue weighted by atomic mass is 19.1. The summed E-state index contributed by atoms with van der Waals surface area (Å²) in [6, 6.07) is 15.6. The molecule has 0 spiro atoms. The third-order valence-corrected chi connectivity index (χ3v) is 6.08. The smallest absolute Gasteiger partial charge is 0.178 e. The minimum Gasteiger partial charge on any atom is -0.357 e. The summed E-state index contributed by atoms with van der Waals surface area (Å²) in [4.78, 5) is 2.39. The first-order chi connectivity index (χ1) is 13.8. The monoisotopic (exact) mass is 377 g/mol. The average molecular weight is 377 g/mol. The molecule has 144 valence electrons. The van der Waals surface area contributed by atoms with Crippen molar-refractivity contribution in [2.24, 2.45) is 0 Å². The zero-order valence-electron chi connectivity index (χ0n) is 15.8. The van der Waals surface area contributed by atoms with Gasteiger partial charge in [-0.05, 0) is 65.4 Å². The number of hydrogen-bond acceptors (Lipinski definition) is 4. The number of nitrogens with zero attached hydrogens (tertiary/aromatic N) is 5. The van der Waals surface area contributed by atoms with Crippen molar-refractivity contribution in [2.75, 3.05) is 11.4 Å². The number of aryl methyl sites for hydroxylation is 1. The maximum absolute atomic E-state index is 13.6. The lowest BCUT2D eigenvalue weighted by molar-refractivity contribution is 0.426. The molecule has 2 aromatic carbocycles. The molecule has 1 unspecified atom stereocenters. The maximum Gasteiger partial charge on any atom is 0.178 e. The van der Waals surface area contributed by atoms with Crippen LogP contribution in [0.25, 0.3) is 0 Å². The van der Waals surface area contributed by atoms with Crippen molar-refractivity contribution >= 4 is 5.69 Å². The number of hydrogen-bond donors (Lipinski definition) is 0. The van der Waals surface area contributed by atoms with E-state index in [0.717, 1.165) is 43.6 Å². The van der Waals surface area contributed by atoms with Gasteiger partial charge in [-0.25, -0.2) is 9.07 Å². The molecule has 1 fully saturated rings. The van der Waals surface area contributed by atoms with E-state index in [2.05, 4.69) is 44.7 Å². The van der Waals surface area contributed by atoms with Crippen molar-refractivity contribution in [1.29, 1.82) is 0 Å². The Labute approximate surface area is 164 Å². The SMILES string of the molecule is Fc1ccc(C(c2nnnn2C2CCCC2)N2CCCc3ccccc32)cc1. The molecule has 0 N–H and O–H groups in total. The Balaban J connectivity index is 1.63. The second-order valence-electron chi connectivity index (χ2n) is 7.80. The minimum absolute atomic E-state index is 0.127. The average Bonchev–Trinajstić information content (AvgIpc) is 3.42. The molecule has 0 saturated heterocycles. The topological polar surface area (TPSA) is 46.8 Å². The molecule has 1 saturated carbocycles. The van der Waals surface area contributed by atoms with E-state index in [-0.39, 0.29) is 11.9 Å². The highest BCUT2D eigenvalue weighted by Crippen LogP contribution is 2.39. The van der Waals surface area contributed by atoms with Crippen LogP contribution >= 0.6 is 0 Å². The summed E-state index contributed by atoms with van der Waals surface area (Å²) in [5.74, 6) is 0.632. The summed E-state index contributed by atoms with van der Waals surface area (Å²) in [5, 5.41) is 12.9. The zero-order valence-corrected chi connectivity index (χ0v) is 15.8. The number of fused-ring (bicyclic) bond motifs is 1. The van der Waals surface area contributed by atoms with Gasteiger partial charge in [0.25, 0.3) is 0 Å². The lowest BCUT2D eigenvalue weighted by Gasteiger charge is -2.37. The summed E-state index contributed by atoms with van der Waals surface area (Å²) in [6.45, 7) is 0.927. The molecule has 3 aromatic rings. The summed E-state index contributed by atoms with van der Waals surface area (Å²) >= 11 is 0. The molecular weight excluding hydrogens is 353 g/mol. The summed E-state index contributed by atoms with van der Waals surface area (Å²) in [7, 11) is 0. The van der Waals surface area contributed by atoms with Crippen LogP contribution in [-0.4, -0.2) is 26.8 Å². The first-order valence-electron chi connectivity index (χ1n) is 10.2. The Morgan fingerprint density at radius 2 is 1.75 bits per heavy atom. The maximum atomic E-state index is 13.6. The number of anilines is 1.